The average molecular weight is 470 g/mol. The Kier molecular flexibility index (Phi) is 7.00. The van der Waals surface area contributed by atoms with Crippen LogP contribution in [-0.2, 0) is 20.7 Å². The van der Waals surface area contributed by atoms with E-state index in [-0.39, 0.29) is 23.1 Å². The summed E-state index contributed by atoms with van der Waals surface area (Å²) in [6, 6.07) is 10.3. The third-order valence-electron chi connectivity index (χ3n) is 6.11. The van der Waals surface area contributed by atoms with Gasteiger partial charge in [0, 0.05) is 25.2 Å². The van der Waals surface area contributed by atoms with E-state index in [2.05, 4.69) is 19.9 Å². The fraction of sp³-hybridized carbons (Fsp3) is 0.500. The summed E-state index contributed by atoms with van der Waals surface area (Å²) in [5.41, 5.74) is 2.96. The van der Waals surface area contributed by atoms with Gasteiger partial charge in [0.2, 0.25) is 0 Å². The van der Waals surface area contributed by atoms with Gasteiger partial charge < -0.3 is 14.8 Å². The Bertz CT molecular complexity index is 1030. The van der Waals surface area contributed by atoms with Crippen LogP contribution >= 0.6 is 0 Å². The molecule has 1 amide bonds. The lowest BCUT2D eigenvalue weighted by Gasteiger charge is -2.14. The molecule has 8 heteroatoms. The second-order valence-corrected chi connectivity index (χ2v) is 10.0. The molecule has 1 aromatic carbocycles. The third kappa shape index (κ3) is 6.18. The van der Waals surface area contributed by atoms with Crippen LogP contribution in [0, 0.1) is 5.82 Å². The molecule has 182 valence electrons. The maximum atomic E-state index is 13.2. The Morgan fingerprint density at radius 1 is 1.26 bits per heavy atom. The van der Waals surface area contributed by atoms with Crippen molar-refractivity contribution in [3.05, 3.63) is 64.7 Å². The molecule has 3 aliphatic rings. The van der Waals surface area contributed by atoms with Crippen LogP contribution in [-0.4, -0.2) is 59.8 Å². The second kappa shape index (κ2) is 9.80. The van der Waals surface area contributed by atoms with Crippen molar-refractivity contribution in [1.29, 1.82) is 0 Å². The first-order chi connectivity index (χ1) is 16.2. The molecule has 7 nitrogen and oxygen atoms in total. The molecule has 2 aliphatic heterocycles. The Labute approximate surface area is 199 Å². The van der Waals surface area contributed by atoms with E-state index in [0.29, 0.717) is 31.0 Å². The van der Waals surface area contributed by atoms with Crippen LogP contribution in [0.25, 0.3) is 0 Å². The highest BCUT2D eigenvalue weighted by atomic mass is 19.1. The van der Waals surface area contributed by atoms with Gasteiger partial charge in [-0.2, -0.15) is 0 Å². The van der Waals surface area contributed by atoms with Crippen LogP contribution in [0.1, 0.15) is 66.8 Å². The Morgan fingerprint density at radius 2 is 2.00 bits per heavy atom. The molecule has 1 saturated carbocycles. The van der Waals surface area contributed by atoms with Crippen LogP contribution < -0.4 is 5.32 Å². The standard InChI is InChI=1S/C21H22FN3O2.C5H10O2/c22-16-5-1-14(2-6-16)11-19-17(15-3-4-15)7-8-18(24-19)20(26)23-12-21-13-25(21)9-10-27-21;1-5(2,3)7-4-6/h1-2,5-8,15H,3-4,9-13H2,(H,23,26);4H,1-3H3. The SMILES string of the molecule is CC(C)(C)OC=O.O=C(NCC12CN1CCO2)c1ccc(C2CC2)c(Cc2ccc(F)cc2)n1. The van der Waals surface area contributed by atoms with E-state index in [4.69, 9.17) is 4.74 Å². The van der Waals surface area contributed by atoms with E-state index >= 15 is 0 Å². The van der Waals surface area contributed by atoms with Crippen molar-refractivity contribution in [2.75, 3.05) is 26.2 Å². The van der Waals surface area contributed by atoms with Crippen molar-refractivity contribution >= 4 is 12.4 Å². The fourth-order valence-electron chi connectivity index (χ4n) is 4.04. The highest BCUT2D eigenvalue weighted by Crippen LogP contribution is 2.42. The number of nitrogens with zero attached hydrogens (tertiary/aromatic N) is 2. The van der Waals surface area contributed by atoms with Gasteiger partial charge in [0.1, 0.15) is 17.1 Å². The first-order valence-electron chi connectivity index (χ1n) is 11.7. The zero-order valence-corrected chi connectivity index (χ0v) is 20.0. The highest BCUT2D eigenvalue weighted by Gasteiger charge is 2.57. The number of benzene rings is 1. The van der Waals surface area contributed by atoms with Crippen molar-refractivity contribution < 1.29 is 23.5 Å². The molecule has 1 aliphatic carbocycles. The first-order valence-corrected chi connectivity index (χ1v) is 11.7. The largest absolute Gasteiger partial charge is 0.462 e. The van der Waals surface area contributed by atoms with E-state index < -0.39 is 0 Å². The molecule has 3 heterocycles. The van der Waals surface area contributed by atoms with Crippen molar-refractivity contribution in [3.8, 4) is 0 Å². The van der Waals surface area contributed by atoms with Crippen LogP contribution in [0.4, 0.5) is 4.39 Å². The summed E-state index contributed by atoms with van der Waals surface area (Å²) in [4.78, 5) is 29.1. The zero-order chi connectivity index (χ0) is 24.3. The van der Waals surface area contributed by atoms with Crippen molar-refractivity contribution in [3.63, 3.8) is 0 Å². The van der Waals surface area contributed by atoms with Crippen molar-refractivity contribution in [1.82, 2.24) is 15.2 Å². The van der Waals surface area contributed by atoms with E-state index in [1.807, 2.05) is 32.9 Å². The van der Waals surface area contributed by atoms with Gasteiger partial charge in [0.05, 0.1) is 13.2 Å². The van der Waals surface area contributed by atoms with Gasteiger partial charge in [-0.3, -0.25) is 14.5 Å². The number of ether oxygens (including phenoxy) is 2. The van der Waals surface area contributed by atoms with Crippen LogP contribution in [0.15, 0.2) is 36.4 Å². The predicted octanol–water partition coefficient (Wildman–Crippen LogP) is 3.42. The molecule has 1 aromatic heterocycles. The third-order valence-corrected chi connectivity index (χ3v) is 6.11. The summed E-state index contributed by atoms with van der Waals surface area (Å²) < 4.78 is 23.5. The number of amides is 1. The maximum absolute atomic E-state index is 13.2. The highest BCUT2D eigenvalue weighted by molar-refractivity contribution is 5.92. The molecule has 5 rings (SSSR count). The van der Waals surface area contributed by atoms with Crippen LogP contribution in [0.2, 0.25) is 0 Å². The lowest BCUT2D eigenvalue weighted by atomic mass is 10.0. The summed E-state index contributed by atoms with van der Waals surface area (Å²) in [6.45, 7) is 8.96. The Balaban J connectivity index is 0.000000344. The molecule has 34 heavy (non-hydrogen) atoms. The van der Waals surface area contributed by atoms with Gasteiger partial charge in [-0.1, -0.05) is 18.2 Å². The summed E-state index contributed by atoms with van der Waals surface area (Å²) in [5.74, 6) is 0.121. The van der Waals surface area contributed by atoms with Gasteiger partial charge in [-0.05, 0) is 68.9 Å². The predicted molar refractivity (Wildman–Crippen MR) is 125 cm³/mol. The summed E-state index contributed by atoms with van der Waals surface area (Å²) in [5, 5.41) is 2.97. The van der Waals surface area contributed by atoms with Crippen LogP contribution in [0.5, 0.6) is 0 Å². The monoisotopic (exact) mass is 469 g/mol. The normalized spacial score (nSPS) is 22.8. The van der Waals surface area contributed by atoms with Gasteiger partial charge in [-0.25, -0.2) is 9.37 Å². The molecule has 1 N–H and O–H groups in total. The Morgan fingerprint density at radius 3 is 2.53 bits per heavy atom. The number of rotatable bonds is 7. The minimum Gasteiger partial charge on any atom is -0.462 e. The van der Waals surface area contributed by atoms with Gasteiger partial charge >= 0.3 is 0 Å². The smallest absolute Gasteiger partial charge is 0.293 e. The number of nitrogens with one attached hydrogen (secondary N) is 1. The Hall–Kier alpha value is -2.84. The van der Waals surface area contributed by atoms with Crippen molar-refractivity contribution in [2.24, 2.45) is 0 Å². The average Bonchev–Trinajstić information content (AvgIpc) is 3.71. The van der Waals surface area contributed by atoms with E-state index in [0.717, 1.165) is 31.0 Å². The molecule has 3 fully saturated rings. The summed E-state index contributed by atoms with van der Waals surface area (Å²) >= 11 is 0. The minimum atomic E-state index is -0.318. The van der Waals surface area contributed by atoms with E-state index in [9.17, 15) is 14.0 Å². The molecule has 0 spiro atoms. The molecule has 2 saturated heterocycles. The lowest BCUT2D eigenvalue weighted by molar-refractivity contribution is -0.138. The van der Waals surface area contributed by atoms with E-state index in [1.165, 1.54) is 30.5 Å². The first kappa shape index (κ1) is 24.3. The number of carbonyl (C=O) groups excluding carboxylic acids is 2. The number of morpholine rings is 1. The lowest BCUT2D eigenvalue weighted by Crippen LogP contribution is -2.36. The number of aromatic nitrogens is 1. The molecule has 2 atom stereocenters. The van der Waals surface area contributed by atoms with Crippen LogP contribution in [0.3, 0.4) is 0 Å². The quantitative estimate of drug-likeness (QED) is 0.495. The molecule has 0 radical (unpaired) electrons. The summed E-state index contributed by atoms with van der Waals surface area (Å²) in [6.07, 6.45) is 2.94. The summed E-state index contributed by atoms with van der Waals surface area (Å²) in [7, 11) is 0. The second-order valence-electron chi connectivity index (χ2n) is 10.0. The van der Waals surface area contributed by atoms with Gasteiger partial charge in [0.25, 0.3) is 12.4 Å². The molecular formula is C26H32FN3O4. The fourth-order valence-corrected chi connectivity index (χ4v) is 4.04. The topological polar surface area (TPSA) is 80.5 Å². The number of carbonyl (C=O) groups is 2. The van der Waals surface area contributed by atoms with Gasteiger partial charge in [0.15, 0.2) is 5.72 Å². The molecular weight excluding hydrogens is 437 g/mol. The number of halogens is 1. The maximum Gasteiger partial charge on any atom is 0.293 e. The number of fused-ring (bicyclic) bond motifs is 1. The van der Waals surface area contributed by atoms with Crippen molar-refractivity contribution in [2.45, 2.75) is 57.3 Å². The number of hydrogen-bond donors (Lipinski definition) is 1. The molecule has 2 aromatic rings. The number of pyridine rings is 1. The molecule has 2 unspecified atom stereocenters. The van der Waals surface area contributed by atoms with Gasteiger partial charge in [-0.15, -0.1) is 0 Å². The number of hydrogen-bond acceptors (Lipinski definition) is 6. The van der Waals surface area contributed by atoms with E-state index in [1.54, 1.807) is 12.1 Å². The minimum absolute atomic E-state index is 0.172. The zero-order valence-electron chi connectivity index (χ0n) is 20.0. The molecule has 0 bridgehead atoms.